The monoisotopic (exact) mass is 162 g/mol. The number of halogens is 2. The molecule has 0 aliphatic carbocycles. The zero-order valence-corrected chi connectivity index (χ0v) is 6.24. The molecular weight excluding hydrogens is 159 g/mol. The molecule has 2 nitrogen and oxygen atoms in total. The lowest BCUT2D eigenvalue weighted by Gasteiger charge is -1.92. The van der Waals surface area contributed by atoms with E-state index in [2.05, 4.69) is 9.97 Å². The van der Waals surface area contributed by atoms with Gasteiger partial charge in [-0.1, -0.05) is 23.2 Å². The lowest BCUT2D eigenvalue weighted by atomic mass is 10.5. The average molecular weight is 163 g/mol. The molecule has 9 heavy (non-hydrogen) atoms. The van der Waals surface area contributed by atoms with Gasteiger partial charge in [0.1, 0.15) is 0 Å². The molecule has 0 aromatic carbocycles. The molecule has 48 valence electrons. The Morgan fingerprint density at radius 3 is 2.44 bits per heavy atom. The van der Waals surface area contributed by atoms with Crippen molar-refractivity contribution in [3.8, 4) is 0 Å². The minimum absolute atomic E-state index is 0.252. The van der Waals surface area contributed by atoms with Crippen molar-refractivity contribution in [1.29, 1.82) is 0 Å². The molecule has 1 rings (SSSR count). The maximum Gasteiger partial charge on any atom is 0.166 e. The zero-order chi connectivity index (χ0) is 6.85. The van der Waals surface area contributed by atoms with Crippen molar-refractivity contribution in [2.24, 2.45) is 0 Å². The van der Waals surface area contributed by atoms with Crippen LogP contribution in [0.2, 0.25) is 10.3 Å². The number of aryl methyl sites for hydroxylation is 1. The topological polar surface area (TPSA) is 25.8 Å². The van der Waals surface area contributed by atoms with Crippen molar-refractivity contribution in [2.45, 2.75) is 6.92 Å². The van der Waals surface area contributed by atoms with E-state index in [4.69, 9.17) is 23.2 Å². The Kier molecular flexibility index (Phi) is 1.88. The summed E-state index contributed by atoms with van der Waals surface area (Å²) in [5, 5.41) is 0.513. The van der Waals surface area contributed by atoms with Gasteiger partial charge < -0.3 is 0 Å². The molecule has 0 amide bonds. The van der Waals surface area contributed by atoms with Gasteiger partial charge in [0.05, 0.1) is 5.69 Å². The van der Waals surface area contributed by atoms with Gasteiger partial charge in [-0.2, -0.15) is 0 Å². The smallest absolute Gasteiger partial charge is 0.166 e. The van der Waals surface area contributed by atoms with E-state index < -0.39 is 0 Å². The van der Waals surface area contributed by atoms with Crippen molar-refractivity contribution in [1.82, 2.24) is 9.97 Å². The maximum absolute atomic E-state index is 5.51. The molecule has 0 N–H and O–H groups in total. The van der Waals surface area contributed by atoms with Crippen LogP contribution in [0.5, 0.6) is 0 Å². The Balaban J connectivity index is 3.17. The third-order valence-electron chi connectivity index (χ3n) is 0.809. The standard InChI is InChI=1S/C5H4Cl2N2/c1-3-2-8-4(6)5(7)9-3/h2H,1H3. The van der Waals surface area contributed by atoms with Gasteiger partial charge in [-0.3, -0.25) is 0 Å². The van der Waals surface area contributed by atoms with Gasteiger partial charge in [0.15, 0.2) is 10.3 Å². The summed E-state index contributed by atoms with van der Waals surface area (Å²) in [6.07, 6.45) is 1.56. The molecule has 1 heterocycles. The Labute approximate surface area is 62.8 Å². The fourth-order valence-corrected chi connectivity index (χ4v) is 0.706. The third-order valence-corrected chi connectivity index (χ3v) is 1.45. The van der Waals surface area contributed by atoms with Crippen LogP contribution in [0.1, 0.15) is 5.69 Å². The molecule has 0 fully saturated rings. The summed E-state index contributed by atoms with van der Waals surface area (Å²) >= 11 is 11.0. The highest BCUT2D eigenvalue weighted by atomic mass is 35.5. The Bertz CT molecular complexity index is 224. The van der Waals surface area contributed by atoms with E-state index in [-0.39, 0.29) is 10.3 Å². The van der Waals surface area contributed by atoms with Crippen LogP contribution in [0.15, 0.2) is 6.20 Å². The normalized spacial score (nSPS) is 9.67. The van der Waals surface area contributed by atoms with Crippen LogP contribution in [-0.2, 0) is 0 Å². The van der Waals surface area contributed by atoms with Crippen molar-refractivity contribution in [3.63, 3.8) is 0 Å². The molecule has 1 aromatic heterocycles. The molecule has 0 atom stereocenters. The van der Waals surface area contributed by atoms with E-state index in [0.29, 0.717) is 0 Å². The van der Waals surface area contributed by atoms with Crippen LogP contribution in [0.25, 0.3) is 0 Å². The Hall–Kier alpha value is -0.340. The van der Waals surface area contributed by atoms with Crippen LogP contribution in [0.4, 0.5) is 0 Å². The van der Waals surface area contributed by atoms with Gasteiger partial charge in [-0.05, 0) is 6.92 Å². The highest BCUT2D eigenvalue weighted by molar-refractivity contribution is 6.40. The van der Waals surface area contributed by atoms with Crippen molar-refractivity contribution in [3.05, 3.63) is 22.2 Å². The van der Waals surface area contributed by atoms with E-state index in [1.54, 1.807) is 13.1 Å². The average Bonchev–Trinajstić information content (AvgIpc) is 1.80. The molecular formula is C5H4Cl2N2. The van der Waals surface area contributed by atoms with Gasteiger partial charge in [0.2, 0.25) is 0 Å². The third kappa shape index (κ3) is 1.53. The van der Waals surface area contributed by atoms with E-state index in [1.807, 2.05) is 0 Å². The van der Waals surface area contributed by atoms with E-state index >= 15 is 0 Å². The summed E-state index contributed by atoms with van der Waals surface area (Å²) in [5.74, 6) is 0. The number of hydrogen-bond acceptors (Lipinski definition) is 2. The van der Waals surface area contributed by atoms with Crippen LogP contribution in [0.3, 0.4) is 0 Å². The fourth-order valence-electron chi connectivity index (χ4n) is 0.433. The van der Waals surface area contributed by atoms with E-state index in [1.165, 1.54) is 0 Å². The fraction of sp³-hybridized carbons (Fsp3) is 0.200. The Morgan fingerprint density at radius 2 is 2.00 bits per heavy atom. The number of hydrogen-bond donors (Lipinski definition) is 0. The second kappa shape index (κ2) is 2.50. The number of rotatable bonds is 0. The quantitative estimate of drug-likeness (QED) is 0.585. The lowest BCUT2D eigenvalue weighted by molar-refractivity contribution is 1.12. The first-order chi connectivity index (χ1) is 4.20. The number of nitrogens with zero attached hydrogens (tertiary/aromatic N) is 2. The first-order valence-corrected chi connectivity index (χ1v) is 3.10. The van der Waals surface area contributed by atoms with Crippen molar-refractivity contribution < 1.29 is 0 Å². The summed E-state index contributed by atoms with van der Waals surface area (Å²) in [6.45, 7) is 1.80. The minimum Gasteiger partial charge on any atom is -0.239 e. The molecule has 0 aliphatic rings. The summed E-state index contributed by atoms with van der Waals surface area (Å²) < 4.78 is 0. The van der Waals surface area contributed by atoms with Gasteiger partial charge in [0, 0.05) is 6.20 Å². The van der Waals surface area contributed by atoms with Crippen LogP contribution >= 0.6 is 23.2 Å². The predicted octanol–water partition coefficient (Wildman–Crippen LogP) is 2.09. The molecule has 0 radical (unpaired) electrons. The van der Waals surface area contributed by atoms with E-state index in [0.717, 1.165) is 5.69 Å². The van der Waals surface area contributed by atoms with Gasteiger partial charge in [0.25, 0.3) is 0 Å². The first-order valence-electron chi connectivity index (χ1n) is 2.35. The van der Waals surface area contributed by atoms with Gasteiger partial charge >= 0.3 is 0 Å². The molecule has 0 saturated heterocycles. The highest BCUT2D eigenvalue weighted by Crippen LogP contribution is 2.14. The first kappa shape index (κ1) is 6.78. The second-order valence-electron chi connectivity index (χ2n) is 1.59. The van der Waals surface area contributed by atoms with Crippen LogP contribution in [0, 0.1) is 6.92 Å². The molecule has 0 aliphatic heterocycles. The largest absolute Gasteiger partial charge is 0.239 e. The molecule has 0 saturated carbocycles. The SMILES string of the molecule is Cc1cnc(Cl)c(Cl)n1. The van der Waals surface area contributed by atoms with Crippen LogP contribution < -0.4 is 0 Å². The molecule has 0 spiro atoms. The summed E-state index contributed by atoms with van der Waals surface area (Å²) in [5.41, 5.74) is 0.768. The van der Waals surface area contributed by atoms with Gasteiger partial charge in [-0.25, -0.2) is 9.97 Å². The summed E-state index contributed by atoms with van der Waals surface area (Å²) in [6, 6.07) is 0. The van der Waals surface area contributed by atoms with Crippen LogP contribution in [-0.4, -0.2) is 9.97 Å². The lowest BCUT2D eigenvalue weighted by Crippen LogP contribution is -1.84. The summed E-state index contributed by atoms with van der Waals surface area (Å²) in [4.78, 5) is 7.59. The minimum atomic E-state index is 0.252. The predicted molar refractivity (Wildman–Crippen MR) is 36.8 cm³/mol. The summed E-state index contributed by atoms with van der Waals surface area (Å²) in [7, 11) is 0. The second-order valence-corrected chi connectivity index (χ2v) is 2.31. The zero-order valence-electron chi connectivity index (χ0n) is 4.73. The van der Waals surface area contributed by atoms with E-state index in [9.17, 15) is 0 Å². The van der Waals surface area contributed by atoms with Gasteiger partial charge in [-0.15, -0.1) is 0 Å². The molecule has 4 heteroatoms. The number of aromatic nitrogens is 2. The van der Waals surface area contributed by atoms with Crippen molar-refractivity contribution >= 4 is 23.2 Å². The maximum atomic E-state index is 5.51. The van der Waals surface area contributed by atoms with Crippen molar-refractivity contribution in [2.75, 3.05) is 0 Å². The molecule has 0 unspecified atom stereocenters. The highest BCUT2D eigenvalue weighted by Gasteiger charge is 1.97. The molecule has 0 bridgehead atoms. The Morgan fingerprint density at radius 1 is 1.33 bits per heavy atom. The molecule has 1 aromatic rings.